The lowest BCUT2D eigenvalue weighted by Gasteiger charge is -2.27. The summed E-state index contributed by atoms with van der Waals surface area (Å²) >= 11 is 0. The molecule has 0 spiro atoms. The molecule has 11 nitrogen and oxygen atoms in total. The first-order valence-electron chi connectivity index (χ1n) is 13.9. The minimum absolute atomic E-state index is 0.0846. The van der Waals surface area contributed by atoms with Crippen LogP contribution in [0.5, 0.6) is 17.2 Å². The molecule has 4 amide bonds. The van der Waals surface area contributed by atoms with Crippen LogP contribution in [0.3, 0.4) is 0 Å². The third-order valence-electron chi connectivity index (χ3n) is 8.12. The first kappa shape index (κ1) is 29.7. The van der Waals surface area contributed by atoms with Crippen molar-refractivity contribution in [3.63, 3.8) is 0 Å². The molecule has 226 valence electrons. The number of hydrogen-bond acceptors (Lipinski definition) is 8. The Bertz CT molecular complexity index is 1590. The zero-order valence-corrected chi connectivity index (χ0v) is 25.8. The molecule has 1 aromatic heterocycles. The van der Waals surface area contributed by atoms with Gasteiger partial charge in [0.25, 0.3) is 5.91 Å². The Kier molecular flexibility index (Phi) is 7.45. The Balaban J connectivity index is 1.41. The molecule has 3 aromatic rings. The number of methoxy groups -OCH3 is 3. The number of carbonyl (C=O) groups is 3. The number of urea groups is 1. The van der Waals surface area contributed by atoms with Crippen LogP contribution in [-0.2, 0) is 21.5 Å². The maximum Gasteiger partial charge on any atom is 0.332 e. The summed E-state index contributed by atoms with van der Waals surface area (Å²) in [6.07, 6.45) is 1.64. The van der Waals surface area contributed by atoms with E-state index in [0.29, 0.717) is 41.0 Å². The summed E-state index contributed by atoms with van der Waals surface area (Å²) in [5.74, 6) is 1.56. The van der Waals surface area contributed by atoms with Crippen molar-refractivity contribution in [2.45, 2.75) is 52.1 Å². The van der Waals surface area contributed by atoms with Gasteiger partial charge in [0.2, 0.25) is 11.7 Å². The summed E-state index contributed by atoms with van der Waals surface area (Å²) in [6.45, 7) is 9.86. The number of rotatable bonds is 8. The molecule has 2 aromatic carbocycles. The highest BCUT2D eigenvalue weighted by molar-refractivity contribution is 6.23. The van der Waals surface area contributed by atoms with Crippen molar-refractivity contribution in [3.05, 3.63) is 59.8 Å². The summed E-state index contributed by atoms with van der Waals surface area (Å²) in [5.41, 5.74) is 2.26. The van der Waals surface area contributed by atoms with E-state index in [1.807, 2.05) is 12.1 Å². The van der Waals surface area contributed by atoms with Crippen LogP contribution in [0.25, 0.3) is 0 Å². The molecule has 1 fully saturated rings. The van der Waals surface area contributed by atoms with E-state index in [2.05, 4.69) is 24.1 Å². The fraction of sp³-hybridized carbons (Fsp3) is 0.375. The molecule has 5 rings (SSSR count). The Morgan fingerprint density at radius 2 is 1.63 bits per heavy atom. The monoisotopic (exact) mass is 587 g/mol. The lowest BCUT2D eigenvalue weighted by molar-refractivity contribution is -0.123. The number of nitrogens with one attached hydrogen (secondary N) is 1. The lowest BCUT2D eigenvalue weighted by Crippen LogP contribution is -2.43. The standard InChI is InChI=1S/C32H37N5O6/c1-19(38)35-18-31(2,3)23-10-9-22(16-24(23)35)37-29(39)32(4,5)36(30(37)40)17-20-11-12-33-27(13-20)34-21-14-25(41-6)28(43-8)26(15-21)42-7/h9-16H,17-18H2,1-8H3,(H,33,34). The second-order valence-electron chi connectivity index (χ2n) is 11.8. The minimum Gasteiger partial charge on any atom is -0.493 e. The summed E-state index contributed by atoms with van der Waals surface area (Å²) in [4.78, 5) is 48.8. The van der Waals surface area contributed by atoms with Gasteiger partial charge in [0.1, 0.15) is 11.4 Å². The van der Waals surface area contributed by atoms with Gasteiger partial charge in [-0.1, -0.05) is 19.9 Å². The van der Waals surface area contributed by atoms with Crippen molar-refractivity contribution in [3.8, 4) is 17.2 Å². The van der Waals surface area contributed by atoms with Gasteiger partial charge in [-0.15, -0.1) is 0 Å². The van der Waals surface area contributed by atoms with Crippen LogP contribution in [0.1, 0.15) is 45.7 Å². The van der Waals surface area contributed by atoms with Gasteiger partial charge in [-0.2, -0.15) is 0 Å². The van der Waals surface area contributed by atoms with Gasteiger partial charge in [-0.25, -0.2) is 14.7 Å². The maximum absolute atomic E-state index is 13.8. The molecule has 0 saturated carbocycles. The Labute approximate surface area is 251 Å². The van der Waals surface area contributed by atoms with Gasteiger partial charge in [0.15, 0.2) is 11.5 Å². The molecule has 1 saturated heterocycles. The van der Waals surface area contributed by atoms with Gasteiger partial charge in [0.05, 0.1) is 27.0 Å². The van der Waals surface area contributed by atoms with Crippen LogP contribution < -0.4 is 29.3 Å². The van der Waals surface area contributed by atoms with Crippen LogP contribution in [0.15, 0.2) is 48.7 Å². The summed E-state index contributed by atoms with van der Waals surface area (Å²) in [6, 6.07) is 12.2. The number of amides is 4. The smallest absolute Gasteiger partial charge is 0.332 e. The number of fused-ring (bicyclic) bond motifs is 1. The summed E-state index contributed by atoms with van der Waals surface area (Å²) < 4.78 is 16.3. The zero-order valence-electron chi connectivity index (χ0n) is 25.8. The van der Waals surface area contributed by atoms with E-state index in [-0.39, 0.29) is 23.8 Å². The topological polar surface area (TPSA) is 114 Å². The van der Waals surface area contributed by atoms with Crippen LogP contribution in [0.2, 0.25) is 0 Å². The highest BCUT2D eigenvalue weighted by Gasteiger charge is 2.52. The van der Waals surface area contributed by atoms with E-state index in [0.717, 1.165) is 16.8 Å². The molecule has 2 aliphatic heterocycles. The molecular weight excluding hydrogens is 550 g/mol. The molecule has 11 heteroatoms. The van der Waals surface area contributed by atoms with Crippen LogP contribution >= 0.6 is 0 Å². The average Bonchev–Trinajstić information content (AvgIpc) is 3.33. The second kappa shape index (κ2) is 10.8. The van der Waals surface area contributed by atoms with Crippen LogP contribution in [0.4, 0.5) is 27.7 Å². The molecule has 0 aliphatic carbocycles. The van der Waals surface area contributed by atoms with Gasteiger partial charge < -0.3 is 29.3 Å². The average molecular weight is 588 g/mol. The van der Waals surface area contributed by atoms with Gasteiger partial charge >= 0.3 is 6.03 Å². The number of hydrogen-bond donors (Lipinski definition) is 1. The zero-order chi connectivity index (χ0) is 31.3. The Morgan fingerprint density at radius 1 is 0.953 bits per heavy atom. The van der Waals surface area contributed by atoms with E-state index in [1.165, 1.54) is 18.9 Å². The first-order chi connectivity index (χ1) is 20.3. The van der Waals surface area contributed by atoms with E-state index < -0.39 is 11.6 Å². The molecule has 0 radical (unpaired) electrons. The largest absolute Gasteiger partial charge is 0.493 e. The van der Waals surface area contributed by atoms with E-state index in [4.69, 9.17) is 14.2 Å². The molecule has 0 unspecified atom stereocenters. The Morgan fingerprint density at radius 3 is 2.23 bits per heavy atom. The number of ether oxygens (including phenoxy) is 3. The SMILES string of the molecule is COc1cc(Nc2cc(CN3C(=O)N(c4ccc5c(c4)N(C(C)=O)CC5(C)C)C(=O)C3(C)C)ccn2)cc(OC)c1OC. The molecule has 1 N–H and O–H groups in total. The quantitative estimate of drug-likeness (QED) is 0.356. The highest BCUT2D eigenvalue weighted by atomic mass is 16.5. The van der Waals surface area contributed by atoms with Crippen molar-refractivity contribution in [1.82, 2.24) is 9.88 Å². The summed E-state index contributed by atoms with van der Waals surface area (Å²) in [5, 5.41) is 3.25. The van der Waals surface area contributed by atoms with Crippen molar-refractivity contribution in [2.24, 2.45) is 0 Å². The van der Waals surface area contributed by atoms with Gasteiger partial charge in [-0.3, -0.25) is 9.59 Å². The minimum atomic E-state index is -1.11. The number of imide groups is 1. The lowest BCUT2D eigenvalue weighted by atomic mass is 9.87. The number of aromatic nitrogens is 1. The molecule has 43 heavy (non-hydrogen) atoms. The molecule has 3 heterocycles. The van der Waals surface area contributed by atoms with Gasteiger partial charge in [-0.05, 0) is 49.2 Å². The molecule has 2 aliphatic rings. The third-order valence-corrected chi connectivity index (χ3v) is 8.12. The number of nitrogens with zero attached hydrogens (tertiary/aromatic N) is 4. The summed E-state index contributed by atoms with van der Waals surface area (Å²) in [7, 11) is 4.63. The Hall–Kier alpha value is -4.80. The molecule has 0 bridgehead atoms. The van der Waals surface area contributed by atoms with Crippen LogP contribution in [0, 0.1) is 0 Å². The van der Waals surface area contributed by atoms with Crippen molar-refractivity contribution < 1.29 is 28.6 Å². The fourth-order valence-electron chi connectivity index (χ4n) is 5.75. The predicted molar refractivity (Wildman–Crippen MR) is 164 cm³/mol. The number of pyridine rings is 1. The second-order valence-corrected chi connectivity index (χ2v) is 11.8. The van der Waals surface area contributed by atoms with Crippen molar-refractivity contribution in [2.75, 3.05) is 43.0 Å². The first-order valence-corrected chi connectivity index (χ1v) is 13.9. The predicted octanol–water partition coefficient (Wildman–Crippen LogP) is 5.24. The number of benzene rings is 2. The molecular formula is C32H37N5O6. The maximum atomic E-state index is 13.8. The number of anilines is 4. The van der Waals surface area contributed by atoms with Crippen molar-refractivity contribution >= 4 is 40.7 Å². The van der Waals surface area contributed by atoms with E-state index in [9.17, 15) is 14.4 Å². The fourth-order valence-corrected chi connectivity index (χ4v) is 5.75. The van der Waals surface area contributed by atoms with E-state index >= 15 is 0 Å². The van der Waals surface area contributed by atoms with E-state index in [1.54, 1.807) is 74.4 Å². The number of carbonyl (C=O) groups excluding carboxylic acids is 3. The van der Waals surface area contributed by atoms with Crippen molar-refractivity contribution in [1.29, 1.82) is 0 Å². The highest BCUT2D eigenvalue weighted by Crippen LogP contribution is 2.44. The third kappa shape index (κ3) is 5.09. The normalized spacial score (nSPS) is 16.8. The van der Waals surface area contributed by atoms with Crippen LogP contribution in [-0.4, -0.2) is 61.1 Å². The van der Waals surface area contributed by atoms with Gasteiger partial charge in [0, 0.05) is 55.1 Å². The molecule has 0 atom stereocenters.